The van der Waals surface area contributed by atoms with E-state index in [9.17, 15) is 0 Å². The summed E-state index contributed by atoms with van der Waals surface area (Å²) >= 11 is 7.92. The van der Waals surface area contributed by atoms with Gasteiger partial charge in [0.1, 0.15) is 0 Å². The van der Waals surface area contributed by atoms with Crippen LogP contribution in [0.3, 0.4) is 0 Å². The van der Waals surface area contributed by atoms with Crippen LogP contribution >= 0.6 is 22.9 Å². The molecule has 0 bridgehead atoms. The molecule has 2 aromatic heterocycles. The number of fused-ring (bicyclic) bond motifs is 1. The predicted molar refractivity (Wildman–Crippen MR) is 84.8 cm³/mol. The van der Waals surface area contributed by atoms with Gasteiger partial charge in [0.15, 0.2) is 0 Å². The number of thiophene rings is 1. The fraction of sp³-hybridized carbons (Fsp3) is 0.133. The van der Waals surface area contributed by atoms with Gasteiger partial charge in [-0.15, -0.1) is 11.3 Å². The van der Waals surface area contributed by atoms with Crippen LogP contribution in [0, 0.1) is 0 Å². The summed E-state index contributed by atoms with van der Waals surface area (Å²) in [6.07, 6.45) is 4.15. The molecule has 102 valence electrons. The highest BCUT2D eigenvalue weighted by Crippen LogP contribution is 2.32. The van der Waals surface area contributed by atoms with Gasteiger partial charge < -0.3 is 0 Å². The molecule has 3 rings (SSSR count). The second-order valence-corrected chi connectivity index (χ2v) is 6.10. The van der Waals surface area contributed by atoms with Crippen LogP contribution in [0.4, 0.5) is 0 Å². The Hall–Kier alpha value is -1.46. The number of nitrogens with zero attached hydrogens (tertiary/aromatic N) is 1. The van der Waals surface area contributed by atoms with E-state index in [0.717, 1.165) is 12.0 Å². The zero-order chi connectivity index (χ0) is 13.9. The maximum Gasteiger partial charge on any atom is 0.0622 e. The predicted octanol–water partition coefficient (Wildman–Crippen LogP) is 3.70. The summed E-state index contributed by atoms with van der Waals surface area (Å²) in [5.74, 6) is 5.72. The summed E-state index contributed by atoms with van der Waals surface area (Å²) in [5.41, 5.74) is 3.93. The van der Waals surface area contributed by atoms with E-state index in [1.54, 1.807) is 23.7 Å². The van der Waals surface area contributed by atoms with Crippen molar-refractivity contribution < 1.29 is 0 Å². The highest BCUT2D eigenvalue weighted by Gasteiger charge is 2.15. The van der Waals surface area contributed by atoms with Gasteiger partial charge in [-0.1, -0.05) is 29.8 Å². The lowest BCUT2D eigenvalue weighted by molar-refractivity contribution is 0.560. The summed E-state index contributed by atoms with van der Waals surface area (Å²) in [6, 6.07) is 12.5. The zero-order valence-corrected chi connectivity index (χ0v) is 12.3. The third-order valence-electron chi connectivity index (χ3n) is 3.27. The Kier molecular flexibility index (Phi) is 3.98. The van der Waals surface area contributed by atoms with Crippen molar-refractivity contribution in [3.63, 3.8) is 0 Å². The smallest absolute Gasteiger partial charge is 0.0622 e. The highest BCUT2D eigenvalue weighted by atomic mass is 35.5. The Labute approximate surface area is 126 Å². The number of pyridine rings is 1. The van der Waals surface area contributed by atoms with Gasteiger partial charge >= 0.3 is 0 Å². The number of hydrogen-bond donors (Lipinski definition) is 2. The first kappa shape index (κ1) is 13.5. The van der Waals surface area contributed by atoms with Gasteiger partial charge in [0.2, 0.25) is 0 Å². The average Bonchev–Trinajstić information content (AvgIpc) is 2.90. The van der Waals surface area contributed by atoms with Crippen LogP contribution in [0.2, 0.25) is 5.02 Å². The number of benzene rings is 1. The first-order valence-corrected chi connectivity index (χ1v) is 7.50. The lowest BCUT2D eigenvalue weighted by atomic mass is 10.1. The monoisotopic (exact) mass is 303 g/mol. The number of rotatable bonds is 4. The molecule has 2 heterocycles. The highest BCUT2D eigenvalue weighted by molar-refractivity contribution is 7.19. The second-order valence-electron chi connectivity index (χ2n) is 4.58. The Morgan fingerprint density at radius 2 is 2.15 bits per heavy atom. The van der Waals surface area contributed by atoms with Gasteiger partial charge in [0.05, 0.1) is 11.1 Å². The maximum atomic E-state index is 6.16. The maximum absolute atomic E-state index is 6.16. The molecule has 0 fully saturated rings. The topological polar surface area (TPSA) is 50.9 Å². The van der Waals surface area contributed by atoms with Crippen molar-refractivity contribution in [3.8, 4) is 0 Å². The molecule has 20 heavy (non-hydrogen) atoms. The first-order chi connectivity index (χ1) is 9.78. The summed E-state index contributed by atoms with van der Waals surface area (Å²) in [4.78, 5) is 5.21. The Morgan fingerprint density at radius 1 is 1.30 bits per heavy atom. The fourth-order valence-corrected chi connectivity index (χ4v) is 3.53. The van der Waals surface area contributed by atoms with E-state index in [4.69, 9.17) is 17.4 Å². The SMILES string of the molecule is NNC(Cc1ccncc1Cl)c1cc2ccccc2s1. The number of aromatic nitrogens is 1. The van der Waals surface area contributed by atoms with E-state index in [1.165, 1.54) is 15.0 Å². The molecule has 0 radical (unpaired) electrons. The molecule has 0 saturated heterocycles. The Balaban J connectivity index is 1.91. The molecule has 1 unspecified atom stereocenters. The van der Waals surface area contributed by atoms with Crippen LogP contribution in [-0.2, 0) is 6.42 Å². The quantitative estimate of drug-likeness (QED) is 0.571. The third kappa shape index (κ3) is 2.69. The first-order valence-electron chi connectivity index (χ1n) is 6.31. The lowest BCUT2D eigenvalue weighted by Gasteiger charge is -2.14. The molecule has 0 aliphatic heterocycles. The summed E-state index contributed by atoms with van der Waals surface area (Å²) in [5, 5.41) is 1.92. The summed E-state index contributed by atoms with van der Waals surface area (Å²) < 4.78 is 1.27. The van der Waals surface area contributed by atoms with Crippen LogP contribution in [0.25, 0.3) is 10.1 Å². The van der Waals surface area contributed by atoms with E-state index >= 15 is 0 Å². The molecule has 1 atom stereocenters. The molecule has 0 amide bonds. The molecule has 3 aromatic rings. The molecule has 1 aromatic carbocycles. The minimum atomic E-state index is 0.0484. The van der Waals surface area contributed by atoms with Crippen molar-refractivity contribution in [2.24, 2.45) is 5.84 Å². The third-order valence-corrected chi connectivity index (χ3v) is 4.84. The van der Waals surface area contributed by atoms with Crippen molar-refractivity contribution in [3.05, 3.63) is 64.3 Å². The van der Waals surface area contributed by atoms with Crippen LogP contribution in [0.15, 0.2) is 48.8 Å². The second kappa shape index (κ2) is 5.89. The fourth-order valence-electron chi connectivity index (χ4n) is 2.21. The minimum Gasteiger partial charge on any atom is -0.271 e. The summed E-state index contributed by atoms with van der Waals surface area (Å²) in [7, 11) is 0. The number of hydrazine groups is 1. The molecular formula is C15H14ClN3S. The van der Waals surface area contributed by atoms with E-state index in [-0.39, 0.29) is 6.04 Å². The number of halogens is 1. The van der Waals surface area contributed by atoms with Crippen LogP contribution in [0.5, 0.6) is 0 Å². The average molecular weight is 304 g/mol. The van der Waals surface area contributed by atoms with Gasteiger partial charge in [0.25, 0.3) is 0 Å². The summed E-state index contributed by atoms with van der Waals surface area (Å²) in [6.45, 7) is 0. The van der Waals surface area contributed by atoms with Crippen LogP contribution < -0.4 is 11.3 Å². The zero-order valence-electron chi connectivity index (χ0n) is 10.7. The largest absolute Gasteiger partial charge is 0.271 e. The normalized spacial score (nSPS) is 12.7. The molecule has 0 spiro atoms. The van der Waals surface area contributed by atoms with Gasteiger partial charge in [-0.2, -0.15) is 0 Å². The van der Waals surface area contributed by atoms with Crippen molar-refractivity contribution in [1.82, 2.24) is 10.4 Å². The molecule has 3 N–H and O–H groups in total. The van der Waals surface area contributed by atoms with Crippen molar-refractivity contribution >= 4 is 33.0 Å². The van der Waals surface area contributed by atoms with Crippen molar-refractivity contribution in [1.29, 1.82) is 0 Å². The molecule has 3 nitrogen and oxygen atoms in total. The van der Waals surface area contributed by atoms with Crippen molar-refractivity contribution in [2.45, 2.75) is 12.5 Å². The molecular weight excluding hydrogens is 290 g/mol. The lowest BCUT2D eigenvalue weighted by Crippen LogP contribution is -2.29. The van der Waals surface area contributed by atoms with E-state index in [2.05, 4.69) is 28.6 Å². The van der Waals surface area contributed by atoms with E-state index in [1.807, 2.05) is 18.2 Å². The Morgan fingerprint density at radius 3 is 2.90 bits per heavy atom. The van der Waals surface area contributed by atoms with Gasteiger partial charge in [-0.05, 0) is 35.6 Å². The minimum absolute atomic E-state index is 0.0484. The molecule has 0 saturated carbocycles. The molecule has 5 heteroatoms. The molecule has 0 aliphatic rings. The standard InChI is InChI=1S/C15H14ClN3S/c16-12-9-18-6-5-10(12)7-13(19-17)15-8-11-3-1-2-4-14(11)20-15/h1-6,8-9,13,19H,7,17H2. The van der Waals surface area contributed by atoms with Crippen LogP contribution in [-0.4, -0.2) is 4.98 Å². The van der Waals surface area contributed by atoms with Crippen LogP contribution in [0.1, 0.15) is 16.5 Å². The Bertz CT molecular complexity index is 693. The van der Waals surface area contributed by atoms with E-state index < -0.39 is 0 Å². The van der Waals surface area contributed by atoms with E-state index in [0.29, 0.717) is 5.02 Å². The number of hydrogen-bond acceptors (Lipinski definition) is 4. The number of nitrogens with two attached hydrogens (primary N) is 1. The number of nitrogens with one attached hydrogen (secondary N) is 1. The van der Waals surface area contributed by atoms with Gasteiger partial charge in [-0.25, -0.2) is 0 Å². The van der Waals surface area contributed by atoms with Crippen molar-refractivity contribution in [2.75, 3.05) is 0 Å². The van der Waals surface area contributed by atoms with Gasteiger partial charge in [0, 0.05) is 22.0 Å². The molecule has 0 aliphatic carbocycles. The van der Waals surface area contributed by atoms with Gasteiger partial charge in [-0.3, -0.25) is 16.3 Å².